The molecular weight excluding hydrogens is 408 g/mol. The first-order valence-electron chi connectivity index (χ1n) is 9.14. The number of ether oxygens (including phenoxy) is 2. The van der Waals surface area contributed by atoms with Gasteiger partial charge in [0, 0.05) is 21.0 Å². The van der Waals surface area contributed by atoms with Gasteiger partial charge in [0.1, 0.15) is 24.0 Å². The summed E-state index contributed by atoms with van der Waals surface area (Å²) in [6, 6.07) is 11.7. The lowest BCUT2D eigenvalue weighted by atomic mass is 9.88. The quantitative estimate of drug-likeness (QED) is 0.611. The van der Waals surface area contributed by atoms with Crippen LogP contribution >= 0.6 is 22.9 Å². The summed E-state index contributed by atoms with van der Waals surface area (Å²) in [5.41, 5.74) is 9.17. The van der Waals surface area contributed by atoms with Gasteiger partial charge in [0.05, 0.1) is 16.5 Å². The maximum atomic E-state index is 9.73. The molecule has 3 heterocycles. The Balaban J connectivity index is 1.72. The number of H-pyrrole nitrogens is 1. The number of hydrogen-bond donors (Lipinski definition) is 2. The summed E-state index contributed by atoms with van der Waals surface area (Å²) in [6.07, 6.45) is 0.855. The highest BCUT2D eigenvalue weighted by Crippen LogP contribution is 2.45. The molecule has 148 valence electrons. The van der Waals surface area contributed by atoms with Gasteiger partial charge < -0.3 is 15.2 Å². The highest BCUT2D eigenvalue weighted by Gasteiger charge is 2.35. The lowest BCUT2D eigenvalue weighted by Crippen LogP contribution is -2.20. The first-order valence-corrected chi connectivity index (χ1v) is 10.3. The molecule has 6 nitrogen and oxygen atoms in total. The van der Waals surface area contributed by atoms with Crippen molar-refractivity contribution in [3.63, 3.8) is 0 Å². The minimum atomic E-state index is -0.313. The zero-order valence-corrected chi connectivity index (χ0v) is 17.5. The van der Waals surface area contributed by atoms with Crippen molar-refractivity contribution in [2.24, 2.45) is 5.73 Å². The normalized spacial score (nSPS) is 15.6. The van der Waals surface area contributed by atoms with Crippen LogP contribution in [0.3, 0.4) is 0 Å². The van der Waals surface area contributed by atoms with Gasteiger partial charge in [-0.2, -0.15) is 5.26 Å². The molecular formula is C21H19ClN4O2S. The largest absolute Gasteiger partial charge is 0.487 e. The van der Waals surface area contributed by atoms with Crippen LogP contribution in [0.5, 0.6) is 11.6 Å². The summed E-state index contributed by atoms with van der Waals surface area (Å²) in [7, 11) is 0. The Kier molecular flexibility index (Phi) is 5.22. The zero-order valence-electron chi connectivity index (χ0n) is 16.0. The SMILES string of the molecule is CCc1sc([C@@H]2C(C#N)=C(N)Oc3n[nH]c(C)c32)cc1COc1ccccc1Cl. The molecule has 29 heavy (non-hydrogen) atoms. The summed E-state index contributed by atoms with van der Waals surface area (Å²) < 4.78 is 11.5. The summed E-state index contributed by atoms with van der Waals surface area (Å²) in [4.78, 5) is 2.20. The number of aromatic amines is 1. The Labute approximate surface area is 177 Å². The average Bonchev–Trinajstić information content (AvgIpc) is 3.29. The van der Waals surface area contributed by atoms with Crippen molar-refractivity contribution in [3.05, 3.63) is 73.4 Å². The Hall–Kier alpha value is -2.95. The summed E-state index contributed by atoms with van der Waals surface area (Å²) in [5, 5.41) is 17.4. The number of nitrogens with two attached hydrogens (primary N) is 1. The van der Waals surface area contributed by atoms with Crippen molar-refractivity contribution in [1.29, 1.82) is 5.26 Å². The van der Waals surface area contributed by atoms with E-state index in [0.717, 1.165) is 28.1 Å². The molecule has 0 bridgehead atoms. The van der Waals surface area contributed by atoms with E-state index in [-0.39, 0.29) is 11.8 Å². The first kappa shape index (κ1) is 19.4. The van der Waals surface area contributed by atoms with Crippen molar-refractivity contribution >= 4 is 22.9 Å². The van der Waals surface area contributed by atoms with Gasteiger partial charge in [-0.25, -0.2) is 0 Å². The number of para-hydroxylation sites is 1. The van der Waals surface area contributed by atoms with E-state index in [4.69, 9.17) is 26.8 Å². The lowest BCUT2D eigenvalue weighted by molar-refractivity contribution is 0.306. The molecule has 0 spiro atoms. The average molecular weight is 427 g/mol. The van der Waals surface area contributed by atoms with Crippen LogP contribution in [0, 0.1) is 18.3 Å². The van der Waals surface area contributed by atoms with Gasteiger partial charge in [0.25, 0.3) is 0 Å². The molecule has 1 atom stereocenters. The fraction of sp³-hybridized carbons (Fsp3) is 0.238. The standard InChI is InChI=1S/C21H19ClN4O2S/c1-3-16-12(10-27-15-7-5-4-6-14(15)22)8-17(29-16)19-13(9-23)20(24)28-21-18(19)11(2)25-26-21/h4-8,19H,3,10,24H2,1-2H3,(H,25,26)/t19-/m0/s1. The van der Waals surface area contributed by atoms with Crippen LogP contribution < -0.4 is 15.2 Å². The van der Waals surface area contributed by atoms with Crippen molar-refractivity contribution in [2.75, 3.05) is 0 Å². The molecule has 3 aromatic rings. The molecule has 0 saturated carbocycles. The van der Waals surface area contributed by atoms with Gasteiger partial charge in [-0.1, -0.05) is 30.7 Å². The molecule has 1 aliphatic rings. The predicted molar refractivity (Wildman–Crippen MR) is 112 cm³/mol. The summed E-state index contributed by atoms with van der Waals surface area (Å²) >= 11 is 7.85. The third-order valence-corrected chi connectivity index (χ3v) is 6.57. The second kappa shape index (κ2) is 7.82. The van der Waals surface area contributed by atoms with Crippen LogP contribution in [0.2, 0.25) is 5.02 Å². The van der Waals surface area contributed by atoms with E-state index in [1.54, 1.807) is 17.4 Å². The Bertz CT molecular complexity index is 1140. The van der Waals surface area contributed by atoms with Crippen LogP contribution in [0.15, 0.2) is 41.8 Å². The molecule has 0 aliphatic carbocycles. The lowest BCUT2D eigenvalue weighted by Gasteiger charge is -2.22. The van der Waals surface area contributed by atoms with Crippen LogP contribution in [0.4, 0.5) is 0 Å². The van der Waals surface area contributed by atoms with E-state index in [2.05, 4.69) is 29.3 Å². The minimum Gasteiger partial charge on any atom is -0.487 e. The number of thiophene rings is 1. The molecule has 8 heteroatoms. The fourth-order valence-corrected chi connectivity index (χ4v) is 4.88. The molecule has 1 aliphatic heterocycles. The zero-order chi connectivity index (χ0) is 20.5. The molecule has 0 unspecified atom stereocenters. The smallest absolute Gasteiger partial charge is 0.244 e. The maximum Gasteiger partial charge on any atom is 0.244 e. The number of allylic oxidation sites excluding steroid dienone is 1. The van der Waals surface area contributed by atoms with Crippen molar-refractivity contribution in [2.45, 2.75) is 32.8 Å². The third-order valence-electron chi connectivity index (χ3n) is 4.87. The number of aryl methyl sites for hydroxylation is 2. The number of rotatable bonds is 5. The van der Waals surface area contributed by atoms with E-state index >= 15 is 0 Å². The van der Waals surface area contributed by atoms with Gasteiger partial charge in [0.15, 0.2) is 0 Å². The van der Waals surface area contributed by atoms with Crippen LogP contribution in [0.25, 0.3) is 0 Å². The Morgan fingerprint density at radius 1 is 1.41 bits per heavy atom. The van der Waals surface area contributed by atoms with Gasteiger partial charge in [0.2, 0.25) is 11.8 Å². The topological polar surface area (TPSA) is 97.0 Å². The van der Waals surface area contributed by atoms with Crippen LogP contribution in [-0.2, 0) is 13.0 Å². The highest BCUT2D eigenvalue weighted by molar-refractivity contribution is 7.12. The maximum absolute atomic E-state index is 9.73. The van der Waals surface area contributed by atoms with Crippen molar-refractivity contribution in [1.82, 2.24) is 10.2 Å². The van der Waals surface area contributed by atoms with E-state index in [0.29, 0.717) is 28.8 Å². The van der Waals surface area contributed by atoms with Crippen LogP contribution in [-0.4, -0.2) is 10.2 Å². The fourth-order valence-electron chi connectivity index (χ4n) is 3.45. The molecule has 1 aromatic carbocycles. The van der Waals surface area contributed by atoms with E-state index < -0.39 is 0 Å². The number of hydrogen-bond acceptors (Lipinski definition) is 6. The minimum absolute atomic E-state index is 0.0943. The number of benzene rings is 1. The van der Waals surface area contributed by atoms with E-state index in [9.17, 15) is 5.26 Å². The number of nitriles is 1. The third kappa shape index (κ3) is 3.46. The number of aromatic nitrogens is 2. The second-order valence-electron chi connectivity index (χ2n) is 6.66. The predicted octanol–water partition coefficient (Wildman–Crippen LogP) is 4.79. The van der Waals surface area contributed by atoms with Crippen molar-refractivity contribution in [3.8, 4) is 17.7 Å². The molecule has 0 fully saturated rings. The number of nitrogens with zero attached hydrogens (tertiary/aromatic N) is 2. The first-order chi connectivity index (χ1) is 14.0. The van der Waals surface area contributed by atoms with Gasteiger partial charge in [-0.15, -0.1) is 16.4 Å². The molecule has 4 rings (SSSR count). The number of fused-ring (bicyclic) bond motifs is 1. The summed E-state index contributed by atoms with van der Waals surface area (Å²) in [5.74, 6) is 0.845. The highest BCUT2D eigenvalue weighted by atomic mass is 35.5. The monoisotopic (exact) mass is 426 g/mol. The Morgan fingerprint density at radius 3 is 2.93 bits per heavy atom. The molecule has 0 radical (unpaired) electrons. The van der Waals surface area contributed by atoms with E-state index in [1.165, 1.54) is 4.88 Å². The molecule has 3 N–H and O–H groups in total. The molecule has 2 aromatic heterocycles. The van der Waals surface area contributed by atoms with Crippen LogP contribution in [0.1, 0.15) is 39.4 Å². The number of halogens is 1. The van der Waals surface area contributed by atoms with E-state index in [1.807, 2.05) is 25.1 Å². The molecule has 0 amide bonds. The number of nitrogens with one attached hydrogen (secondary N) is 1. The molecule has 0 saturated heterocycles. The Morgan fingerprint density at radius 2 is 2.21 bits per heavy atom. The van der Waals surface area contributed by atoms with Gasteiger partial charge >= 0.3 is 0 Å². The van der Waals surface area contributed by atoms with Crippen molar-refractivity contribution < 1.29 is 9.47 Å². The summed E-state index contributed by atoms with van der Waals surface area (Å²) in [6.45, 7) is 4.40. The van der Waals surface area contributed by atoms with Gasteiger partial charge in [-0.3, -0.25) is 5.10 Å². The van der Waals surface area contributed by atoms with Gasteiger partial charge in [-0.05, 0) is 31.5 Å². The second-order valence-corrected chi connectivity index (χ2v) is 8.24.